The first-order valence-electron chi connectivity index (χ1n) is 8.43. The van der Waals surface area contributed by atoms with Crippen molar-refractivity contribution < 1.29 is 0 Å². The first-order valence-corrected chi connectivity index (χ1v) is 9.22. The Balaban J connectivity index is 1.61. The summed E-state index contributed by atoms with van der Waals surface area (Å²) < 4.78 is 1.11. The van der Waals surface area contributed by atoms with Gasteiger partial charge in [0.1, 0.15) is 0 Å². The number of rotatable bonds is 4. The van der Waals surface area contributed by atoms with Gasteiger partial charge in [-0.25, -0.2) is 4.99 Å². The summed E-state index contributed by atoms with van der Waals surface area (Å²) in [6.07, 6.45) is 5.77. The second-order valence-electron chi connectivity index (χ2n) is 6.11. The molecule has 1 N–H and O–H groups in total. The predicted molar refractivity (Wildman–Crippen MR) is 99.6 cm³/mol. The average molecular weight is 377 g/mol. The summed E-state index contributed by atoms with van der Waals surface area (Å²) in [5, 5.41) is 3.45. The number of benzene rings is 1. The Kier molecular flexibility index (Phi) is 5.73. The van der Waals surface area contributed by atoms with E-state index in [2.05, 4.69) is 74.4 Å². The lowest BCUT2D eigenvalue weighted by atomic mass is 10.2. The molecule has 4 nitrogen and oxygen atoms in total. The van der Waals surface area contributed by atoms with E-state index in [-0.39, 0.29) is 0 Å². The topological polar surface area (TPSA) is 30.9 Å². The highest BCUT2D eigenvalue weighted by molar-refractivity contribution is 9.10. The Morgan fingerprint density at radius 3 is 2.70 bits per heavy atom. The van der Waals surface area contributed by atoms with Gasteiger partial charge in [0.15, 0.2) is 5.96 Å². The van der Waals surface area contributed by atoms with Gasteiger partial charge in [0.05, 0.1) is 6.54 Å². The molecular weight excluding hydrogens is 352 g/mol. The molecule has 1 aromatic carbocycles. The highest BCUT2D eigenvalue weighted by Crippen LogP contribution is 2.18. The van der Waals surface area contributed by atoms with Crippen LogP contribution in [0.1, 0.15) is 18.9 Å². The number of nitrogens with zero attached hydrogens (tertiary/aromatic N) is 3. The molecule has 0 bridgehead atoms. The number of halogens is 1. The molecule has 0 radical (unpaired) electrons. The largest absolute Gasteiger partial charge is 0.357 e. The quantitative estimate of drug-likeness (QED) is 0.497. The van der Waals surface area contributed by atoms with Crippen LogP contribution in [0.3, 0.4) is 0 Å². The first kappa shape index (κ1) is 16.5. The fourth-order valence-electron chi connectivity index (χ4n) is 3.21. The summed E-state index contributed by atoms with van der Waals surface area (Å²) in [5.74, 6) is 1.05. The van der Waals surface area contributed by atoms with Gasteiger partial charge in [0.2, 0.25) is 0 Å². The minimum Gasteiger partial charge on any atom is -0.357 e. The minimum absolute atomic E-state index is 0.654. The van der Waals surface area contributed by atoms with Gasteiger partial charge < -0.3 is 10.2 Å². The van der Waals surface area contributed by atoms with E-state index in [4.69, 9.17) is 4.99 Å². The molecule has 1 unspecified atom stereocenters. The maximum absolute atomic E-state index is 4.84. The zero-order valence-electron chi connectivity index (χ0n) is 13.7. The molecule has 1 saturated heterocycles. The van der Waals surface area contributed by atoms with Crippen molar-refractivity contribution in [1.29, 1.82) is 0 Å². The maximum atomic E-state index is 4.84. The van der Waals surface area contributed by atoms with Crippen molar-refractivity contribution >= 4 is 21.9 Å². The lowest BCUT2D eigenvalue weighted by Gasteiger charge is -2.25. The molecule has 5 heteroatoms. The number of likely N-dealkylation sites (tertiary alicyclic amines) is 1. The fraction of sp³-hybridized carbons (Fsp3) is 0.500. The fourth-order valence-corrected chi connectivity index (χ4v) is 3.47. The van der Waals surface area contributed by atoms with E-state index in [0.717, 1.165) is 49.7 Å². The summed E-state index contributed by atoms with van der Waals surface area (Å²) in [7, 11) is 0. The SMILES string of the molecule is CCNC(=NCc1ccc(Br)cc1)N1CCC(N2CC=CC2)C1. The molecular formula is C18H25BrN4. The van der Waals surface area contributed by atoms with Gasteiger partial charge in [0.25, 0.3) is 0 Å². The van der Waals surface area contributed by atoms with Crippen LogP contribution in [0.25, 0.3) is 0 Å². The molecule has 3 rings (SSSR count). The standard InChI is InChI=1S/C18H25BrN4/c1-2-20-18(21-13-15-5-7-16(19)8-6-15)23-12-9-17(14-23)22-10-3-4-11-22/h3-8,17H,2,9-14H2,1H3,(H,20,21). The monoisotopic (exact) mass is 376 g/mol. The lowest BCUT2D eigenvalue weighted by Crippen LogP contribution is -2.42. The Hall–Kier alpha value is -1.33. The Labute approximate surface area is 147 Å². The first-order chi connectivity index (χ1) is 11.3. The van der Waals surface area contributed by atoms with Gasteiger partial charge in [-0.1, -0.05) is 40.2 Å². The normalized spacial score (nSPS) is 22.1. The third kappa shape index (κ3) is 4.36. The molecule has 2 aliphatic heterocycles. The van der Waals surface area contributed by atoms with Crippen LogP contribution in [0.4, 0.5) is 0 Å². The Morgan fingerprint density at radius 2 is 2.00 bits per heavy atom. The summed E-state index contributed by atoms with van der Waals surface area (Å²) >= 11 is 3.48. The van der Waals surface area contributed by atoms with E-state index >= 15 is 0 Å². The van der Waals surface area contributed by atoms with E-state index in [1.54, 1.807) is 0 Å². The van der Waals surface area contributed by atoms with Crippen LogP contribution in [0.5, 0.6) is 0 Å². The molecule has 0 saturated carbocycles. The second-order valence-corrected chi connectivity index (χ2v) is 7.03. The number of hydrogen-bond acceptors (Lipinski definition) is 2. The summed E-state index contributed by atoms with van der Waals surface area (Å²) in [6.45, 7) is 8.14. The summed E-state index contributed by atoms with van der Waals surface area (Å²) in [6, 6.07) is 9.05. The van der Waals surface area contributed by atoms with Gasteiger partial charge in [0, 0.05) is 43.2 Å². The van der Waals surface area contributed by atoms with Crippen molar-refractivity contribution in [3.8, 4) is 0 Å². The smallest absolute Gasteiger partial charge is 0.194 e. The van der Waals surface area contributed by atoms with Gasteiger partial charge in [-0.3, -0.25) is 4.90 Å². The molecule has 1 fully saturated rings. The zero-order chi connectivity index (χ0) is 16.1. The maximum Gasteiger partial charge on any atom is 0.194 e. The molecule has 0 aliphatic carbocycles. The predicted octanol–water partition coefficient (Wildman–Crippen LogP) is 2.86. The van der Waals surface area contributed by atoms with Gasteiger partial charge in [-0.15, -0.1) is 0 Å². The second kappa shape index (κ2) is 7.97. The van der Waals surface area contributed by atoms with Crippen LogP contribution in [0.2, 0.25) is 0 Å². The Bertz CT molecular complexity index is 559. The average Bonchev–Trinajstić information content (AvgIpc) is 3.24. The molecule has 124 valence electrons. The lowest BCUT2D eigenvalue weighted by molar-refractivity contribution is 0.259. The highest BCUT2D eigenvalue weighted by Gasteiger charge is 2.29. The summed E-state index contributed by atoms with van der Waals surface area (Å²) in [5.41, 5.74) is 1.24. The van der Waals surface area contributed by atoms with Crippen molar-refractivity contribution in [3.05, 3.63) is 46.5 Å². The van der Waals surface area contributed by atoms with Crippen molar-refractivity contribution in [3.63, 3.8) is 0 Å². The molecule has 1 atom stereocenters. The van der Waals surface area contributed by atoms with Crippen LogP contribution in [-0.4, -0.2) is 54.5 Å². The van der Waals surface area contributed by atoms with Crippen LogP contribution in [0, 0.1) is 0 Å². The van der Waals surface area contributed by atoms with E-state index < -0.39 is 0 Å². The van der Waals surface area contributed by atoms with Gasteiger partial charge >= 0.3 is 0 Å². The number of guanidine groups is 1. The number of hydrogen-bond donors (Lipinski definition) is 1. The van der Waals surface area contributed by atoms with Crippen molar-refractivity contribution in [1.82, 2.24) is 15.1 Å². The molecule has 0 aromatic heterocycles. The molecule has 2 heterocycles. The molecule has 0 amide bonds. The van der Waals surface area contributed by atoms with E-state index in [1.807, 2.05) is 0 Å². The van der Waals surface area contributed by atoms with Crippen molar-refractivity contribution in [2.24, 2.45) is 4.99 Å². The molecule has 1 aromatic rings. The highest BCUT2D eigenvalue weighted by atomic mass is 79.9. The van der Waals surface area contributed by atoms with Crippen LogP contribution >= 0.6 is 15.9 Å². The number of nitrogens with one attached hydrogen (secondary N) is 1. The van der Waals surface area contributed by atoms with Crippen molar-refractivity contribution in [2.45, 2.75) is 25.9 Å². The number of aliphatic imine (C=N–C) groups is 1. The van der Waals surface area contributed by atoms with E-state index in [9.17, 15) is 0 Å². The Morgan fingerprint density at radius 1 is 1.26 bits per heavy atom. The third-order valence-corrected chi connectivity index (χ3v) is 5.01. The van der Waals surface area contributed by atoms with E-state index in [1.165, 1.54) is 12.0 Å². The van der Waals surface area contributed by atoms with Crippen molar-refractivity contribution in [2.75, 3.05) is 32.7 Å². The van der Waals surface area contributed by atoms with E-state index in [0.29, 0.717) is 6.04 Å². The third-order valence-electron chi connectivity index (χ3n) is 4.49. The van der Waals surface area contributed by atoms with Crippen LogP contribution in [0.15, 0.2) is 45.9 Å². The van der Waals surface area contributed by atoms with Crippen LogP contribution < -0.4 is 5.32 Å². The minimum atomic E-state index is 0.654. The zero-order valence-corrected chi connectivity index (χ0v) is 15.3. The van der Waals surface area contributed by atoms with Crippen LogP contribution in [-0.2, 0) is 6.54 Å². The van der Waals surface area contributed by atoms with Gasteiger partial charge in [-0.05, 0) is 31.0 Å². The molecule has 0 spiro atoms. The summed E-state index contributed by atoms with van der Waals surface area (Å²) in [4.78, 5) is 9.80. The van der Waals surface area contributed by atoms with Gasteiger partial charge in [-0.2, -0.15) is 0 Å². The molecule has 2 aliphatic rings. The molecule has 23 heavy (non-hydrogen) atoms.